The van der Waals surface area contributed by atoms with E-state index in [0.29, 0.717) is 11.7 Å². The molecule has 2 fully saturated rings. The minimum absolute atomic E-state index is 0.00617. The van der Waals surface area contributed by atoms with Crippen LogP contribution in [0.3, 0.4) is 0 Å². The van der Waals surface area contributed by atoms with Crippen LogP contribution >= 0.6 is 0 Å². The van der Waals surface area contributed by atoms with Crippen LogP contribution in [0.2, 0.25) is 0 Å². The fourth-order valence-electron chi connectivity index (χ4n) is 3.08. The summed E-state index contributed by atoms with van der Waals surface area (Å²) in [4.78, 5) is 12.2. The van der Waals surface area contributed by atoms with E-state index in [4.69, 9.17) is 5.14 Å². The number of nitrogens with one attached hydrogen (secondary N) is 2. The predicted octanol–water partition coefficient (Wildman–Crippen LogP) is 0.413. The van der Waals surface area contributed by atoms with E-state index in [9.17, 15) is 13.2 Å². The van der Waals surface area contributed by atoms with Crippen molar-refractivity contribution in [1.29, 1.82) is 0 Å². The Morgan fingerprint density at radius 1 is 1.25 bits per heavy atom. The van der Waals surface area contributed by atoms with Crippen molar-refractivity contribution in [2.24, 2.45) is 11.1 Å². The fraction of sp³-hybridized carbons (Fsp3) is 0.462. The number of sulfonamides is 1. The second-order valence-electron chi connectivity index (χ2n) is 5.45. The number of rotatable bonds is 3. The fourth-order valence-corrected chi connectivity index (χ4v) is 3.59. The number of carbonyl (C=O) groups excluding carboxylic acids is 1. The smallest absolute Gasteiger partial charge is 0.238 e. The summed E-state index contributed by atoms with van der Waals surface area (Å²) in [6.45, 7) is 0. The maximum absolute atomic E-state index is 12.2. The van der Waals surface area contributed by atoms with Gasteiger partial charge in [-0.1, -0.05) is 0 Å². The van der Waals surface area contributed by atoms with E-state index in [-0.39, 0.29) is 22.8 Å². The molecular formula is C13H17N3O3S. The van der Waals surface area contributed by atoms with Gasteiger partial charge in [0, 0.05) is 17.8 Å². The highest BCUT2D eigenvalue weighted by Gasteiger charge is 2.42. The number of amides is 1. The van der Waals surface area contributed by atoms with Crippen LogP contribution in [0.4, 0.5) is 5.69 Å². The van der Waals surface area contributed by atoms with Crippen molar-refractivity contribution in [3.05, 3.63) is 24.3 Å². The highest BCUT2D eigenvalue weighted by molar-refractivity contribution is 7.89. The molecule has 2 bridgehead atoms. The standard InChI is InChI=1S/C13H17N3O3S/c14-20(18,19)10-4-1-8(2-5-10)16-13(17)11-7-9-3-6-12(11)15-9/h1-2,4-5,9,11-12,15H,3,6-7H2,(H,16,17)(H2,14,18,19). The summed E-state index contributed by atoms with van der Waals surface area (Å²) in [6.07, 6.45) is 3.08. The molecule has 0 saturated carbocycles. The molecule has 2 heterocycles. The van der Waals surface area contributed by atoms with Crippen molar-refractivity contribution < 1.29 is 13.2 Å². The quantitative estimate of drug-likeness (QED) is 0.752. The largest absolute Gasteiger partial charge is 0.326 e. The minimum Gasteiger partial charge on any atom is -0.326 e. The Morgan fingerprint density at radius 2 is 1.95 bits per heavy atom. The van der Waals surface area contributed by atoms with Gasteiger partial charge in [-0.05, 0) is 43.5 Å². The van der Waals surface area contributed by atoms with Gasteiger partial charge in [0.25, 0.3) is 0 Å². The summed E-state index contributed by atoms with van der Waals surface area (Å²) >= 11 is 0. The number of carbonyl (C=O) groups is 1. The number of fused-ring (bicyclic) bond motifs is 2. The molecule has 108 valence electrons. The number of benzene rings is 1. The Bertz CT molecular complexity index is 627. The number of nitrogens with two attached hydrogens (primary N) is 1. The number of primary sulfonamides is 1. The SMILES string of the molecule is NS(=O)(=O)c1ccc(NC(=O)C2CC3CCC2N3)cc1. The molecule has 1 amide bonds. The van der Waals surface area contributed by atoms with Gasteiger partial charge < -0.3 is 10.6 Å². The molecule has 0 radical (unpaired) electrons. The highest BCUT2D eigenvalue weighted by Crippen LogP contribution is 2.33. The van der Waals surface area contributed by atoms with Gasteiger partial charge in [0.2, 0.25) is 15.9 Å². The average molecular weight is 295 g/mol. The van der Waals surface area contributed by atoms with Crippen LogP contribution in [0.25, 0.3) is 0 Å². The first-order valence-electron chi connectivity index (χ1n) is 6.63. The first kappa shape index (κ1) is 13.5. The van der Waals surface area contributed by atoms with E-state index in [0.717, 1.165) is 19.3 Å². The van der Waals surface area contributed by atoms with E-state index in [2.05, 4.69) is 10.6 Å². The molecule has 0 spiro atoms. The van der Waals surface area contributed by atoms with Crippen molar-refractivity contribution in [2.75, 3.05) is 5.32 Å². The molecule has 6 nitrogen and oxygen atoms in total. The third-order valence-electron chi connectivity index (χ3n) is 4.09. The summed E-state index contributed by atoms with van der Waals surface area (Å²) in [5.41, 5.74) is 0.588. The summed E-state index contributed by atoms with van der Waals surface area (Å²) in [5.74, 6) is -0.000256. The van der Waals surface area contributed by atoms with E-state index < -0.39 is 10.0 Å². The van der Waals surface area contributed by atoms with E-state index in [1.807, 2.05) is 0 Å². The lowest BCUT2D eigenvalue weighted by Gasteiger charge is -2.19. The van der Waals surface area contributed by atoms with Crippen molar-refractivity contribution >= 4 is 21.6 Å². The second kappa shape index (κ2) is 4.83. The average Bonchev–Trinajstić information content (AvgIpc) is 3.00. The van der Waals surface area contributed by atoms with Crippen LogP contribution in [-0.4, -0.2) is 26.4 Å². The number of hydrogen-bond acceptors (Lipinski definition) is 4. The van der Waals surface area contributed by atoms with Gasteiger partial charge in [-0.25, -0.2) is 13.6 Å². The van der Waals surface area contributed by atoms with Crippen LogP contribution in [-0.2, 0) is 14.8 Å². The zero-order chi connectivity index (χ0) is 14.3. The van der Waals surface area contributed by atoms with Gasteiger partial charge in [0.05, 0.1) is 10.8 Å². The Kier molecular flexibility index (Phi) is 3.27. The van der Waals surface area contributed by atoms with E-state index >= 15 is 0 Å². The number of hydrogen-bond donors (Lipinski definition) is 3. The summed E-state index contributed by atoms with van der Waals surface area (Å²) < 4.78 is 22.3. The molecule has 1 aromatic carbocycles. The van der Waals surface area contributed by atoms with E-state index in [1.54, 1.807) is 12.1 Å². The monoisotopic (exact) mass is 295 g/mol. The van der Waals surface area contributed by atoms with E-state index in [1.165, 1.54) is 12.1 Å². The molecule has 3 atom stereocenters. The lowest BCUT2D eigenvalue weighted by molar-refractivity contribution is -0.120. The molecule has 20 heavy (non-hydrogen) atoms. The molecule has 2 aliphatic heterocycles. The third-order valence-corrected chi connectivity index (χ3v) is 5.02. The third kappa shape index (κ3) is 2.56. The maximum Gasteiger partial charge on any atom is 0.238 e. The van der Waals surface area contributed by atoms with Crippen LogP contribution in [0, 0.1) is 5.92 Å². The van der Waals surface area contributed by atoms with Crippen LogP contribution < -0.4 is 15.8 Å². The van der Waals surface area contributed by atoms with Gasteiger partial charge in [-0.3, -0.25) is 4.79 Å². The molecule has 3 unspecified atom stereocenters. The lowest BCUT2D eigenvalue weighted by atomic mass is 9.88. The van der Waals surface area contributed by atoms with Gasteiger partial charge in [0.1, 0.15) is 0 Å². The summed E-state index contributed by atoms with van der Waals surface area (Å²) in [6, 6.07) is 6.65. The Hall–Kier alpha value is -1.44. The molecule has 0 aliphatic carbocycles. The maximum atomic E-state index is 12.2. The molecular weight excluding hydrogens is 278 g/mol. The lowest BCUT2D eigenvalue weighted by Crippen LogP contribution is -2.32. The first-order chi connectivity index (χ1) is 9.43. The molecule has 4 N–H and O–H groups in total. The van der Waals surface area contributed by atoms with Gasteiger partial charge in [0.15, 0.2) is 0 Å². The topological polar surface area (TPSA) is 101 Å². The zero-order valence-electron chi connectivity index (χ0n) is 10.9. The van der Waals surface area contributed by atoms with Crippen molar-refractivity contribution in [2.45, 2.75) is 36.2 Å². The Morgan fingerprint density at radius 3 is 2.45 bits per heavy atom. The normalized spacial score (nSPS) is 28.6. The number of anilines is 1. The molecule has 2 saturated heterocycles. The van der Waals surface area contributed by atoms with Crippen LogP contribution in [0.15, 0.2) is 29.2 Å². The molecule has 0 aromatic heterocycles. The molecule has 3 rings (SSSR count). The van der Waals surface area contributed by atoms with Gasteiger partial charge >= 0.3 is 0 Å². The molecule has 1 aromatic rings. The Labute approximate surface area is 117 Å². The van der Waals surface area contributed by atoms with Crippen LogP contribution in [0.1, 0.15) is 19.3 Å². The summed E-state index contributed by atoms with van der Waals surface area (Å²) in [7, 11) is -3.69. The second-order valence-corrected chi connectivity index (χ2v) is 7.01. The van der Waals surface area contributed by atoms with Crippen molar-refractivity contribution in [1.82, 2.24) is 5.32 Å². The van der Waals surface area contributed by atoms with Crippen molar-refractivity contribution in [3.8, 4) is 0 Å². The van der Waals surface area contributed by atoms with Gasteiger partial charge in [-0.2, -0.15) is 0 Å². The summed E-state index contributed by atoms with van der Waals surface area (Å²) in [5, 5.41) is 11.3. The first-order valence-corrected chi connectivity index (χ1v) is 8.18. The van der Waals surface area contributed by atoms with Gasteiger partial charge in [-0.15, -0.1) is 0 Å². The molecule has 7 heteroatoms. The zero-order valence-corrected chi connectivity index (χ0v) is 11.7. The Balaban J connectivity index is 1.67. The van der Waals surface area contributed by atoms with Crippen molar-refractivity contribution in [3.63, 3.8) is 0 Å². The highest BCUT2D eigenvalue weighted by atomic mass is 32.2. The minimum atomic E-state index is -3.69. The van der Waals surface area contributed by atoms with Crippen LogP contribution in [0.5, 0.6) is 0 Å². The molecule has 2 aliphatic rings. The predicted molar refractivity (Wildman–Crippen MR) is 74.5 cm³/mol.